The predicted molar refractivity (Wildman–Crippen MR) is 97.7 cm³/mol. The number of piperidine rings is 1. The maximum atomic E-state index is 12.0. The molecule has 0 aromatic carbocycles. The molecule has 0 saturated carbocycles. The monoisotopic (exact) mass is 348 g/mol. The summed E-state index contributed by atoms with van der Waals surface area (Å²) in [5.41, 5.74) is 2.73. The summed E-state index contributed by atoms with van der Waals surface area (Å²) in [7, 11) is 2.06. The molecule has 1 aromatic rings. The van der Waals surface area contributed by atoms with Crippen molar-refractivity contribution in [1.82, 2.24) is 19.6 Å². The van der Waals surface area contributed by atoms with Crippen LogP contribution in [0.2, 0.25) is 0 Å². The summed E-state index contributed by atoms with van der Waals surface area (Å²) < 4.78 is 7.21. The number of ether oxygens (including phenoxy) is 1. The van der Waals surface area contributed by atoms with Crippen LogP contribution in [0, 0.1) is 6.92 Å². The lowest BCUT2D eigenvalue weighted by Gasteiger charge is -2.37. The molecule has 6 nitrogen and oxygen atoms in total. The van der Waals surface area contributed by atoms with Crippen LogP contribution in [-0.4, -0.2) is 64.5 Å². The van der Waals surface area contributed by atoms with Gasteiger partial charge in [-0.2, -0.15) is 5.10 Å². The number of amides is 1. The fourth-order valence-electron chi connectivity index (χ4n) is 4.52. The van der Waals surface area contributed by atoms with Gasteiger partial charge in [0.25, 0.3) is 0 Å². The number of hydrogen-bond acceptors (Lipinski definition) is 4. The van der Waals surface area contributed by atoms with Crippen LogP contribution >= 0.6 is 0 Å². The summed E-state index contributed by atoms with van der Waals surface area (Å²) in [5, 5.41) is 4.41. The molecule has 0 aliphatic carbocycles. The largest absolute Gasteiger partial charge is 0.450 e. The smallest absolute Gasteiger partial charge is 0.409 e. The van der Waals surface area contributed by atoms with Crippen LogP contribution in [-0.2, 0) is 11.8 Å². The summed E-state index contributed by atoms with van der Waals surface area (Å²) >= 11 is 0. The maximum Gasteiger partial charge on any atom is 0.409 e. The van der Waals surface area contributed by atoms with E-state index in [1.54, 1.807) is 0 Å². The van der Waals surface area contributed by atoms with Gasteiger partial charge in [0.1, 0.15) is 0 Å². The molecule has 3 heterocycles. The van der Waals surface area contributed by atoms with Gasteiger partial charge in [0, 0.05) is 37.8 Å². The molecule has 2 fully saturated rings. The lowest BCUT2D eigenvalue weighted by atomic mass is 9.90. The van der Waals surface area contributed by atoms with Crippen LogP contribution < -0.4 is 0 Å². The van der Waals surface area contributed by atoms with E-state index in [-0.39, 0.29) is 6.09 Å². The summed E-state index contributed by atoms with van der Waals surface area (Å²) in [6, 6.07) is 0.605. The maximum absolute atomic E-state index is 12.0. The number of nitrogens with zero attached hydrogens (tertiary/aromatic N) is 4. The van der Waals surface area contributed by atoms with Crippen molar-refractivity contribution in [2.75, 3.05) is 32.8 Å². The van der Waals surface area contributed by atoms with E-state index in [9.17, 15) is 4.79 Å². The van der Waals surface area contributed by atoms with Crippen molar-refractivity contribution in [2.45, 2.75) is 57.9 Å². The first-order valence-corrected chi connectivity index (χ1v) is 9.74. The first-order valence-electron chi connectivity index (χ1n) is 9.74. The second kappa shape index (κ2) is 8.21. The molecule has 140 valence electrons. The molecule has 2 aliphatic rings. The molecule has 6 heteroatoms. The van der Waals surface area contributed by atoms with E-state index in [1.165, 1.54) is 30.5 Å². The Hall–Kier alpha value is -1.56. The fourth-order valence-corrected chi connectivity index (χ4v) is 4.52. The number of rotatable bonds is 3. The van der Waals surface area contributed by atoms with Gasteiger partial charge in [0.15, 0.2) is 0 Å². The molecule has 1 aromatic heterocycles. The number of hydrogen-bond donors (Lipinski definition) is 0. The third kappa shape index (κ3) is 4.17. The highest BCUT2D eigenvalue weighted by Gasteiger charge is 2.30. The Balaban J connectivity index is 1.52. The van der Waals surface area contributed by atoms with Crippen LogP contribution in [0.3, 0.4) is 0 Å². The van der Waals surface area contributed by atoms with Gasteiger partial charge in [-0.1, -0.05) is 0 Å². The zero-order valence-electron chi connectivity index (χ0n) is 15.9. The van der Waals surface area contributed by atoms with Gasteiger partial charge in [0.05, 0.1) is 12.8 Å². The molecule has 0 spiro atoms. The molecule has 0 N–H and O–H groups in total. The van der Waals surface area contributed by atoms with Gasteiger partial charge in [-0.05, 0) is 64.6 Å². The van der Waals surface area contributed by atoms with Crippen LogP contribution in [0.1, 0.15) is 56.2 Å². The molecule has 2 saturated heterocycles. The van der Waals surface area contributed by atoms with Crippen molar-refractivity contribution in [3.63, 3.8) is 0 Å². The molecule has 25 heavy (non-hydrogen) atoms. The molecule has 3 rings (SSSR count). The van der Waals surface area contributed by atoms with E-state index < -0.39 is 0 Å². The topological polar surface area (TPSA) is 50.6 Å². The summed E-state index contributed by atoms with van der Waals surface area (Å²) in [6.07, 6.45) is 7.58. The lowest BCUT2D eigenvalue weighted by molar-refractivity contribution is 0.105. The third-order valence-electron chi connectivity index (χ3n) is 5.83. The van der Waals surface area contributed by atoms with Gasteiger partial charge in [-0.15, -0.1) is 0 Å². The Morgan fingerprint density at radius 2 is 1.96 bits per heavy atom. The fraction of sp³-hybridized carbons (Fsp3) is 0.789. The molecule has 1 amide bonds. The average Bonchev–Trinajstić information content (AvgIpc) is 2.82. The Morgan fingerprint density at radius 3 is 2.60 bits per heavy atom. The minimum Gasteiger partial charge on any atom is -0.450 e. The number of carbonyl (C=O) groups excluding carboxylic acids is 1. The van der Waals surface area contributed by atoms with E-state index >= 15 is 0 Å². The van der Waals surface area contributed by atoms with Crippen LogP contribution in [0.15, 0.2) is 6.20 Å². The molecule has 1 atom stereocenters. The zero-order valence-corrected chi connectivity index (χ0v) is 15.9. The SMILES string of the molecule is CCOC(=O)N1CCCC(N2CCC(c3c(C)cnn3C)CC2)CC1. The normalized spacial score (nSPS) is 23.5. The van der Waals surface area contributed by atoms with E-state index in [0.29, 0.717) is 18.6 Å². The van der Waals surface area contributed by atoms with Crippen LogP contribution in [0.4, 0.5) is 4.79 Å². The molecular weight excluding hydrogens is 316 g/mol. The van der Waals surface area contributed by atoms with Crippen molar-refractivity contribution < 1.29 is 9.53 Å². The summed E-state index contributed by atoms with van der Waals surface area (Å²) in [6.45, 7) is 8.46. The van der Waals surface area contributed by atoms with E-state index in [2.05, 4.69) is 28.7 Å². The Kier molecular flexibility index (Phi) is 5.99. The first-order chi connectivity index (χ1) is 12.1. The second-order valence-electron chi connectivity index (χ2n) is 7.42. The Bertz CT molecular complexity index is 558. The highest BCUT2D eigenvalue weighted by atomic mass is 16.6. The third-order valence-corrected chi connectivity index (χ3v) is 5.83. The van der Waals surface area contributed by atoms with Crippen molar-refractivity contribution in [3.05, 3.63) is 17.5 Å². The minimum atomic E-state index is -0.145. The van der Waals surface area contributed by atoms with Crippen molar-refractivity contribution in [1.29, 1.82) is 0 Å². The number of aromatic nitrogens is 2. The number of likely N-dealkylation sites (tertiary alicyclic amines) is 2. The minimum absolute atomic E-state index is 0.145. The summed E-state index contributed by atoms with van der Waals surface area (Å²) in [4.78, 5) is 16.5. The zero-order chi connectivity index (χ0) is 17.8. The van der Waals surface area contributed by atoms with Crippen molar-refractivity contribution >= 4 is 6.09 Å². The van der Waals surface area contributed by atoms with Gasteiger partial charge < -0.3 is 14.5 Å². The molecular formula is C19H32N4O2. The van der Waals surface area contributed by atoms with Gasteiger partial charge in [0.2, 0.25) is 0 Å². The lowest BCUT2D eigenvalue weighted by Crippen LogP contribution is -2.42. The quantitative estimate of drug-likeness (QED) is 0.843. The molecule has 0 radical (unpaired) electrons. The highest BCUT2D eigenvalue weighted by Crippen LogP contribution is 2.32. The Morgan fingerprint density at radius 1 is 1.20 bits per heavy atom. The first kappa shape index (κ1) is 18.2. The number of carbonyl (C=O) groups is 1. The van der Waals surface area contributed by atoms with Crippen molar-refractivity contribution in [2.24, 2.45) is 7.05 Å². The van der Waals surface area contributed by atoms with E-state index in [4.69, 9.17) is 4.74 Å². The van der Waals surface area contributed by atoms with Crippen molar-refractivity contribution in [3.8, 4) is 0 Å². The van der Waals surface area contributed by atoms with Crippen LogP contribution in [0.25, 0.3) is 0 Å². The van der Waals surface area contributed by atoms with Gasteiger partial charge >= 0.3 is 6.09 Å². The second-order valence-corrected chi connectivity index (χ2v) is 7.42. The van der Waals surface area contributed by atoms with Gasteiger partial charge in [-0.3, -0.25) is 4.68 Å². The summed E-state index contributed by atoms with van der Waals surface area (Å²) in [5.74, 6) is 0.630. The highest BCUT2D eigenvalue weighted by molar-refractivity contribution is 5.67. The Labute approximate surface area is 151 Å². The van der Waals surface area contributed by atoms with E-state index in [1.807, 2.05) is 18.0 Å². The van der Waals surface area contributed by atoms with E-state index in [0.717, 1.165) is 39.0 Å². The molecule has 1 unspecified atom stereocenters. The number of aryl methyl sites for hydroxylation is 2. The molecule has 0 bridgehead atoms. The standard InChI is InChI=1S/C19H32N4O2/c1-4-25-19(24)23-10-5-6-17(9-13-23)22-11-7-16(8-12-22)18-15(2)14-20-21(18)3/h14,16-17H,4-13H2,1-3H3. The predicted octanol–water partition coefficient (Wildman–Crippen LogP) is 2.92. The van der Waals surface area contributed by atoms with Gasteiger partial charge in [-0.25, -0.2) is 4.79 Å². The molecule has 2 aliphatic heterocycles. The average molecular weight is 348 g/mol. The van der Waals surface area contributed by atoms with Crippen LogP contribution in [0.5, 0.6) is 0 Å².